The zero-order valence-corrected chi connectivity index (χ0v) is 21.3. The molecule has 7 atom stereocenters. The summed E-state index contributed by atoms with van der Waals surface area (Å²) in [6, 6.07) is 3.70. The summed E-state index contributed by atoms with van der Waals surface area (Å²) in [7, 11) is 0. The number of aliphatic carboxylic acids is 1. The van der Waals surface area contributed by atoms with Crippen LogP contribution in [0.5, 0.6) is 11.5 Å². The van der Waals surface area contributed by atoms with Crippen molar-refractivity contribution >= 4 is 11.9 Å². The van der Waals surface area contributed by atoms with Gasteiger partial charge < -0.3 is 39.7 Å². The summed E-state index contributed by atoms with van der Waals surface area (Å²) in [4.78, 5) is 24.4. The second kappa shape index (κ2) is 10.6. The number of aryl methyl sites for hydroxylation is 1. The number of hydrogen-bond donors (Lipinski definition) is 5. The van der Waals surface area contributed by atoms with Crippen molar-refractivity contribution in [1.29, 1.82) is 0 Å². The molecule has 2 heterocycles. The first kappa shape index (κ1) is 27.4. The highest BCUT2D eigenvalue weighted by Gasteiger charge is 2.50. The Morgan fingerprint density at radius 2 is 1.84 bits per heavy atom. The molecule has 0 bridgehead atoms. The van der Waals surface area contributed by atoms with Crippen LogP contribution >= 0.6 is 0 Å². The number of phenolic OH excluding ortho intramolecular Hbond substituents is 1. The van der Waals surface area contributed by atoms with Gasteiger partial charge in [-0.25, -0.2) is 9.59 Å². The zero-order chi connectivity index (χ0) is 27.1. The van der Waals surface area contributed by atoms with Gasteiger partial charge in [0.1, 0.15) is 35.4 Å². The second-order valence-electron chi connectivity index (χ2n) is 10.7. The van der Waals surface area contributed by atoms with Crippen LogP contribution in [0.2, 0.25) is 0 Å². The standard InChI is InChI=1S/C27H36O10/c1-4-5-6-7-13-10-17(28)19-15-12-14(8-9-16(15)27(2,3)37-18(19)11-13)25(34)36-26-22(31)20(29)21(30)23(35-26)24(32)33/h10-12,15-16,20-23,26,28-31H,4-9H2,1-3H3,(H,32,33)/t15-,16-,20-,21-,22+,23-,26-/m0/s1. The SMILES string of the molecule is CCCCCc1cc(O)c2c(c1)OC(C)(C)[C@H]1CCC(C(=O)O[C@@H]3O[C@H](C(=O)O)[C@@H](O)[C@H](O)[C@H]3O)=C[C@H]21. The minimum Gasteiger partial charge on any atom is -0.507 e. The fraction of sp³-hybridized carbons (Fsp3) is 0.630. The van der Waals surface area contributed by atoms with E-state index in [1.807, 2.05) is 19.9 Å². The highest BCUT2D eigenvalue weighted by atomic mass is 16.7. The Balaban J connectivity index is 1.59. The normalized spacial score (nSPS) is 32.4. The lowest BCUT2D eigenvalue weighted by atomic mass is 9.67. The Kier molecular flexibility index (Phi) is 7.85. The summed E-state index contributed by atoms with van der Waals surface area (Å²) in [5.74, 6) is -2.08. The van der Waals surface area contributed by atoms with Gasteiger partial charge in [0.05, 0.1) is 0 Å². The molecular formula is C27H36O10. The van der Waals surface area contributed by atoms with Crippen LogP contribution in [0.25, 0.3) is 0 Å². The highest BCUT2D eigenvalue weighted by Crippen LogP contribution is 2.53. The molecule has 0 spiro atoms. The number of unbranched alkanes of at least 4 members (excludes halogenated alkanes) is 2. The number of hydrogen-bond acceptors (Lipinski definition) is 9. The molecular weight excluding hydrogens is 484 g/mol. The summed E-state index contributed by atoms with van der Waals surface area (Å²) in [6.07, 6.45) is -2.61. The van der Waals surface area contributed by atoms with Gasteiger partial charge in [-0.05, 0) is 57.2 Å². The van der Waals surface area contributed by atoms with Crippen molar-refractivity contribution in [2.24, 2.45) is 5.92 Å². The van der Waals surface area contributed by atoms with E-state index in [2.05, 4.69) is 6.92 Å². The molecule has 4 rings (SSSR count). The van der Waals surface area contributed by atoms with Crippen molar-refractivity contribution in [3.8, 4) is 11.5 Å². The smallest absolute Gasteiger partial charge is 0.336 e. The number of carboxylic acid groups (broad SMARTS) is 1. The van der Waals surface area contributed by atoms with Crippen molar-refractivity contribution in [3.63, 3.8) is 0 Å². The van der Waals surface area contributed by atoms with E-state index >= 15 is 0 Å². The van der Waals surface area contributed by atoms with Gasteiger partial charge in [0, 0.05) is 23.0 Å². The van der Waals surface area contributed by atoms with Gasteiger partial charge in [-0.3, -0.25) is 0 Å². The van der Waals surface area contributed by atoms with Gasteiger partial charge in [0.15, 0.2) is 6.10 Å². The Labute approximate surface area is 215 Å². The molecule has 0 radical (unpaired) electrons. The van der Waals surface area contributed by atoms with Crippen LogP contribution in [-0.4, -0.2) is 73.8 Å². The molecule has 37 heavy (non-hydrogen) atoms. The minimum atomic E-state index is -1.88. The molecule has 1 fully saturated rings. The van der Waals surface area contributed by atoms with Gasteiger partial charge in [0.25, 0.3) is 0 Å². The third-order valence-corrected chi connectivity index (χ3v) is 7.69. The predicted molar refractivity (Wildman–Crippen MR) is 130 cm³/mol. The second-order valence-corrected chi connectivity index (χ2v) is 10.7. The maximum atomic E-state index is 13.0. The number of aromatic hydroxyl groups is 1. The fourth-order valence-electron chi connectivity index (χ4n) is 5.64. The number of benzene rings is 1. The lowest BCUT2D eigenvalue weighted by molar-refractivity contribution is -0.285. The summed E-state index contributed by atoms with van der Waals surface area (Å²) in [5.41, 5.74) is 1.30. The zero-order valence-electron chi connectivity index (χ0n) is 21.3. The quantitative estimate of drug-likeness (QED) is 0.266. The molecule has 10 heteroatoms. The molecule has 3 aliphatic rings. The van der Waals surface area contributed by atoms with Crippen molar-refractivity contribution in [2.75, 3.05) is 0 Å². The topological polar surface area (TPSA) is 163 Å². The first-order chi connectivity index (χ1) is 17.4. The number of carboxylic acids is 1. The van der Waals surface area contributed by atoms with Crippen LogP contribution in [-0.2, 0) is 25.5 Å². The average molecular weight is 521 g/mol. The summed E-state index contributed by atoms with van der Waals surface area (Å²) >= 11 is 0. The molecule has 0 aromatic heterocycles. The van der Waals surface area contributed by atoms with Gasteiger partial charge in [-0.1, -0.05) is 25.8 Å². The molecule has 2 aliphatic heterocycles. The van der Waals surface area contributed by atoms with E-state index in [4.69, 9.17) is 14.2 Å². The molecule has 204 valence electrons. The molecule has 10 nitrogen and oxygen atoms in total. The molecule has 1 aromatic carbocycles. The maximum Gasteiger partial charge on any atom is 0.336 e. The van der Waals surface area contributed by atoms with Crippen LogP contribution in [0.4, 0.5) is 0 Å². The van der Waals surface area contributed by atoms with Crippen molar-refractivity contribution in [1.82, 2.24) is 0 Å². The Bertz CT molecular complexity index is 1060. The molecule has 0 saturated carbocycles. The summed E-state index contributed by atoms with van der Waals surface area (Å²) < 4.78 is 16.7. The van der Waals surface area contributed by atoms with Crippen molar-refractivity contribution in [3.05, 3.63) is 34.9 Å². The lowest BCUT2D eigenvalue weighted by Crippen LogP contribution is -2.60. The van der Waals surface area contributed by atoms with Gasteiger partial charge in [-0.2, -0.15) is 0 Å². The number of esters is 1. The Morgan fingerprint density at radius 1 is 1.11 bits per heavy atom. The number of carbonyl (C=O) groups excluding carboxylic acids is 1. The lowest BCUT2D eigenvalue weighted by Gasteiger charge is -2.46. The average Bonchev–Trinajstić information content (AvgIpc) is 2.83. The largest absolute Gasteiger partial charge is 0.507 e. The van der Waals surface area contributed by atoms with Crippen molar-refractivity contribution in [2.45, 2.75) is 102 Å². The van der Waals surface area contributed by atoms with Gasteiger partial charge in [-0.15, -0.1) is 0 Å². The van der Waals surface area contributed by atoms with E-state index in [0.29, 0.717) is 24.2 Å². The van der Waals surface area contributed by atoms with E-state index < -0.39 is 48.2 Å². The van der Waals surface area contributed by atoms with Gasteiger partial charge in [0.2, 0.25) is 6.29 Å². The minimum absolute atomic E-state index is 0.0294. The van der Waals surface area contributed by atoms with E-state index in [1.165, 1.54) is 0 Å². The van der Waals surface area contributed by atoms with Crippen molar-refractivity contribution < 1.29 is 49.3 Å². The number of rotatable bonds is 7. The number of phenols is 1. The molecule has 1 aromatic rings. The van der Waals surface area contributed by atoms with E-state index in [0.717, 1.165) is 31.2 Å². The number of carbonyl (C=O) groups is 2. The van der Waals surface area contributed by atoms with Crippen LogP contribution in [0.15, 0.2) is 23.8 Å². The van der Waals surface area contributed by atoms with E-state index in [1.54, 1.807) is 12.1 Å². The Hall–Kier alpha value is -2.66. The number of allylic oxidation sites excluding steroid dienone is 1. The molecule has 0 amide bonds. The van der Waals surface area contributed by atoms with Crippen LogP contribution in [0, 0.1) is 5.92 Å². The monoisotopic (exact) mass is 520 g/mol. The van der Waals surface area contributed by atoms with Gasteiger partial charge >= 0.3 is 11.9 Å². The molecule has 1 aliphatic carbocycles. The van der Waals surface area contributed by atoms with Crippen LogP contribution in [0.3, 0.4) is 0 Å². The molecule has 1 saturated heterocycles. The summed E-state index contributed by atoms with van der Waals surface area (Å²) in [5, 5.41) is 50.3. The number of aliphatic hydroxyl groups is 3. The van der Waals surface area contributed by atoms with E-state index in [9.17, 15) is 35.1 Å². The first-order valence-electron chi connectivity index (χ1n) is 12.8. The third kappa shape index (κ3) is 5.34. The Morgan fingerprint density at radius 3 is 2.51 bits per heavy atom. The number of ether oxygens (including phenoxy) is 3. The molecule has 5 N–H and O–H groups in total. The van der Waals surface area contributed by atoms with E-state index in [-0.39, 0.29) is 23.2 Å². The first-order valence-corrected chi connectivity index (χ1v) is 12.8. The highest BCUT2D eigenvalue weighted by molar-refractivity contribution is 5.89. The van der Waals surface area contributed by atoms with Crippen LogP contribution < -0.4 is 4.74 Å². The molecule has 0 unspecified atom stereocenters. The third-order valence-electron chi connectivity index (χ3n) is 7.69. The van der Waals surface area contributed by atoms with Crippen LogP contribution in [0.1, 0.15) is 69.9 Å². The summed E-state index contributed by atoms with van der Waals surface area (Å²) in [6.45, 7) is 6.10. The predicted octanol–water partition coefficient (Wildman–Crippen LogP) is 2.15. The number of aliphatic hydroxyl groups excluding tert-OH is 3. The number of fused-ring (bicyclic) bond motifs is 3. The fourth-order valence-corrected chi connectivity index (χ4v) is 5.64. The maximum absolute atomic E-state index is 13.0.